The summed E-state index contributed by atoms with van der Waals surface area (Å²) >= 11 is 0. The third-order valence-corrected chi connectivity index (χ3v) is 5.74. The van der Waals surface area contributed by atoms with Gasteiger partial charge in [-0.25, -0.2) is 4.79 Å². The van der Waals surface area contributed by atoms with E-state index in [1.165, 1.54) is 0 Å². The fourth-order valence-electron chi connectivity index (χ4n) is 4.24. The standard InChI is InChI=1S/C26H33N3O3/c1-19(2)16-26(21-14-10-7-11-15-21)23(31)28(24(32)27-26)18-22(30)29(25(3,4)5)17-20-12-8-6-9-13-20/h6-15,19H,16-18H2,1-5H3,(H,27,32). The molecule has 1 atom stereocenters. The summed E-state index contributed by atoms with van der Waals surface area (Å²) in [5.74, 6) is -0.471. The second kappa shape index (κ2) is 9.15. The van der Waals surface area contributed by atoms with Crippen molar-refractivity contribution in [3.8, 4) is 0 Å². The molecule has 1 fully saturated rings. The van der Waals surface area contributed by atoms with E-state index in [1.807, 2.05) is 95.3 Å². The molecule has 1 heterocycles. The third-order valence-electron chi connectivity index (χ3n) is 5.74. The predicted molar refractivity (Wildman–Crippen MR) is 125 cm³/mol. The summed E-state index contributed by atoms with van der Waals surface area (Å²) in [6, 6.07) is 18.5. The largest absolute Gasteiger partial charge is 0.332 e. The topological polar surface area (TPSA) is 69.7 Å². The van der Waals surface area contributed by atoms with E-state index < -0.39 is 17.1 Å². The Morgan fingerprint density at radius 3 is 2.09 bits per heavy atom. The number of carbonyl (C=O) groups excluding carboxylic acids is 3. The highest BCUT2D eigenvalue weighted by molar-refractivity contribution is 6.09. The minimum Gasteiger partial charge on any atom is -0.332 e. The Morgan fingerprint density at radius 1 is 1.00 bits per heavy atom. The van der Waals surface area contributed by atoms with Gasteiger partial charge >= 0.3 is 6.03 Å². The fraction of sp³-hybridized carbons (Fsp3) is 0.423. The maximum absolute atomic E-state index is 13.6. The van der Waals surface area contributed by atoms with Crippen LogP contribution in [-0.2, 0) is 21.7 Å². The number of hydrogen-bond donors (Lipinski definition) is 1. The first-order valence-corrected chi connectivity index (χ1v) is 11.1. The van der Waals surface area contributed by atoms with Crippen LogP contribution >= 0.6 is 0 Å². The summed E-state index contributed by atoms with van der Waals surface area (Å²) in [6.45, 7) is 9.99. The van der Waals surface area contributed by atoms with Crippen molar-refractivity contribution in [3.63, 3.8) is 0 Å². The first-order valence-electron chi connectivity index (χ1n) is 11.1. The lowest BCUT2D eigenvalue weighted by atomic mass is 9.82. The first-order chi connectivity index (χ1) is 15.0. The van der Waals surface area contributed by atoms with E-state index in [0.29, 0.717) is 13.0 Å². The van der Waals surface area contributed by atoms with Crippen LogP contribution in [-0.4, -0.2) is 39.7 Å². The molecule has 32 heavy (non-hydrogen) atoms. The number of rotatable bonds is 7. The zero-order chi connectivity index (χ0) is 23.5. The van der Waals surface area contributed by atoms with Crippen molar-refractivity contribution in [3.05, 3.63) is 71.8 Å². The number of hydrogen-bond acceptors (Lipinski definition) is 3. The average Bonchev–Trinajstić information content (AvgIpc) is 2.97. The zero-order valence-electron chi connectivity index (χ0n) is 19.6. The Labute approximate surface area is 190 Å². The van der Waals surface area contributed by atoms with Gasteiger partial charge in [0.05, 0.1) is 0 Å². The lowest BCUT2D eigenvalue weighted by Gasteiger charge is -2.36. The average molecular weight is 436 g/mol. The Bertz CT molecular complexity index is 967. The number of carbonyl (C=O) groups is 3. The van der Waals surface area contributed by atoms with Crippen LogP contribution in [0.15, 0.2) is 60.7 Å². The van der Waals surface area contributed by atoms with Gasteiger partial charge in [-0.1, -0.05) is 74.5 Å². The van der Waals surface area contributed by atoms with Gasteiger partial charge < -0.3 is 10.2 Å². The molecular weight excluding hydrogens is 402 g/mol. The molecule has 0 bridgehead atoms. The number of urea groups is 1. The fourth-order valence-corrected chi connectivity index (χ4v) is 4.24. The van der Waals surface area contributed by atoms with Gasteiger partial charge in [0.25, 0.3) is 5.91 Å². The number of amides is 4. The summed E-state index contributed by atoms with van der Waals surface area (Å²) in [5, 5.41) is 2.91. The predicted octanol–water partition coefficient (Wildman–Crippen LogP) is 4.31. The van der Waals surface area contributed by atoms with Crippen LogP contribution in [0.2, 0.25) is 0 Å². The van der Waals surface area contributed by atoms with Crippen LogP contribution in [0.25, 0.3) is 0 Å². The quantitative estimate of drug-likeness (QED) is 0.659. The monoisotopic (exact) mass is 435 g/mol. The minimum absolute atomic E-state index is 0.166. The van der Waals surface area contributed by atoms with E-state index in [0.717, 1.165) is 16.0 Å². The Morgan fingerprint density at radius 2 is 1.56 bits per heavy atom. The third kappa shape index (κ3) is 4.85. The molecule has 4 amide bonds. The summed E-state index contributed by atoms with van der Waals surface area (Å²) in [4.78, 5) is 42.7. The smallest absolute Gasteiger partial charge is 0.325 e. The number of nitrogens with zero attached hydrogens (tertiary/aromatic N) is 2. The molecule has 2 aromatic rings. The van der Waals surface area contributed by atoms with Crippen LogP contribution in [0.5, 0.6) is 0 Å². The summed E-state index contributed by atoms with van der Waals surface area (Å²) < 4.78 is 0. The highest BCUT2D eigenvalue weighted by Crippen LogP contribution is 2.35. The number of benzene rings is 2. The van der Waals surface area contributed by atoms with Gasteiger partial charge in [-0.15, -0.1) is 0 Å². The van der Waals surface area contributed by atoms with Crippen molar-refractivity contribution in [1.82, 2.24) is 15.1 Å². The van der Waals surface area contributed by atoms with Crippen LogP contribution in [0.1, 0.15) is 52.2 Å². The molecule has 0 spiro atoms. The number of nitrogens with one attached hydrogen (secondary N) is 1. The minimum atomic E-state index is -1.15. The van der Waals surface area contributed by atoms with Gasteiger partial charge in [0.15, 0.2) is 0 Å². The Kier molecular flexibility index (Phi) is 6.72. The molecule has 3 rings (SSSR count). The Hall–Kier alpha value is -3.15. The van der Waals surface area contributed by atoms with Gasteiger partial charge in [0.2, 0.25) is 5.91 Å². The second-order valence-electron chi connectivity index (χ2n) is 9.83. The molecule has 1 aliphatic rings. The van der Waals surface area contributed by atoms with Crippen LogP contribution in [0.3, 0.4) is 0 Å². The van der Waals surface area contributed by atoms with Crippen LogP contribution in [0.4, 0.5) is 4.79 Å². The van der Waals surface area contributed by atoms with Crippen molar-refractivity contribution < 1.29 is 14.4 Å². The zero-order valence-corrected chi connectivity index (χ0v) is 19.6. The van der Waals surface area contributed by atoms with E-state index in [9.17, 15) is 14.4 Å². The molecule has 1 saturated heterocycles. The van der Waals surface area contributed by atoms with Gasteiger partial charge in [-0.05, 0) is 44.2 Å². The van der Waals surface area contributed by atoms with Crippen LogP contribution in [0, 0.1) is 5.92 Å². The Balaban J connectivity index is 1.88. The molecule has 0 aromatic heterocycles. The van der Waals surface area contributed by atoms with Crippen molar-refractivity contribution >= 4 is 17.8 Å². The highest BCUT2D eigenvalue weighted by Gasteiger charge is 2.53. The van der Waals surface area contributed by atoms with E-state index >= 15 is 0 Å². The van der Waals surface area contributed by atoms with Gasteiger partial charge in [0.1, 0.15) is 12.1 Å². The normalized spacial score (nSPS) is 18.8. The maximum Gasteiger partial charge on any atom is 0.325 e. The second-order valence-corrected chi connectivity index (χ2v) is 9.83. The maximum atomic E-state index is 13.6. The van der Waals surface area contributed by atoms with E-state index in [1.54, 1.807) is 4.90 Å². The van der Waals surface area contributed by atoms with E-state index in [2.05, 4.69) is 5.32 Å². The van der Waals surface area contributed by atoms with Crippen molar-refractivity contribution in [2.45, 2.75) is 58.7 Å². The van der Waals surface area contributed by atoms with E-state index in [4.69, 9.17) is 0 Å². The van der Waals surface area contributed by atoms with Crippen molar-refractivity contribution in [2.24, 2.45) is 5.92 Å². The molecule has 1 aliphatic heterocycles. The van der Waals surface area contributed by atoms with Crippen molar-refractivity contribution in [2.75, 3.05) is 6.54 Å². The molecule has 1 unspecified atom stereocenters. The summed E-state index contributed by atoms with van der Waals surface area (Å²) in [6.07, 6.45) is 0.458. The van der Waals surface area contributed by atoms with Gasteiger partial charge in [-0.3, -0.25) is 14.5 Å². The van der Waals surface area contributed by atoms with Gasteiger partial charge in [0, 0.05) is 12.1 Å². The summed E-state index contributed by atoms with van der Waals surface area (Å²) in [7, 11) is 0. The van der Waals surface area contributed by atoms with Crippen LogP contribution < -0.4 is 5.32 Å². The first kappa shape index (κ1) is 23.5. The highest BCUT2D eigenvalue weighted by atomic mass is 16.2. The summed E-state index contributed by atoms with van der Waals surface area (Å²) in [5.41, 5.74) is 0.102. The molecule has 2 aromatic carbocycles. The molecule has 6 heteroatoms. The molecule has 0 radical (unpaired) electrons. The lowest BCUT2D eigenvalue weighted by molar-refractivity contribution is -0.142. The van der Waals surface area contributed by atoms with Gasteiger partial charge in [-0.2, -0.15) is 0 Å². The van der Waals surface area contributed by atoms with Crippen molar-refractivity contribution in [1.29, 1.82) is 0 Å². The van der Waals surface area contributed by atoms with E-state index in [-0.39, 0.29) is 24.3 Å². The molecule has 0 saturated carbocycles. The molecule has 1 N–H and O–H groups in total. The molecular formula is C26H33N3O3. The molecule has 0 aliphatic carbocycles. The lowest BCUT2D eigenvalue weighted by Crippen LogP contribution is -2.51. The molecule has 170 valence electrons. The SMILES string of the molecule is CC(C)CC1(c2ccccc2)NC(=O)N(CC(=O)N(Cc2ccccc2)C(C)(C)C)C1=O. The molecule has 6 nitrogen and oxygen atoms in total. The number of imide groups is 1.